The average Bonchev–Trinajstić information content (AvgIpc) is 3.28. The highest BCUT2D eigenvalue weighted by molar-refractivity contribution is 5.82. The molecule has 0 radical (unpaired) electrons. The van der Waals surface area contributed by atoms with Crippen LogP contribution in [0.3, 0.4) is 0 Å². The Kier molecular flexibility index (Phi) is 2.76. The van der Waals surface area contributed by atoms with Crippen molar-refractivity contribution in [3.8, 4) is 5.75 Å². The molecule has 1 aromatic carbocycles. The van der Waals surface area contributed by atoms with Gasteiger partial charge in [-0.2, -0.15) is 5.10 Å². The minimum atomic E-state index is 0.526. The van der Waals surface area contributed by atoms with Crippen molar-refractivity contribution in [2.24, 2.45) is 11.8 Å². The lowest BCUT2D eigenvalue weighted by atomic mass is 9.82. The summed E-state index contributed by atoms with van der Waals surface area (Å²) in [4.78, 5) is 2.57. The van der Waals surface area contributed by atoms with E-state index in [-0.39, 0.29) is 0 Å². The normalized spacial score (nSPS) is 33.7. The molecular weight excluding hydrogens is 278 g/mol. The van der Waals surface area contributed by atoms with Crippen LogP contribution in [0.15, 0.2) is 18.2 Å². The van der Waals surface area contributed by atoms with E-state index in [1.807, 2.05) is 12.1 Å². The number of methoxy groups -OCH3 is 1. The van der Waals surface area contributed by atoms with Crippen LogP contribution in [0.5, 0.6) is 5.75 Å². The number of rotatable bonds is 3. The van der Waals surface area contributed by atoms with E-state index in [9.17, 15) is 0 Å². The average molecular weight is 299 g/mol. The van der Waals surface area contributed by atoms with Crippen LogP contribution in [0.4, 0.5) is 0 Å². The molecule has 0 spiro atoms. The van der Waals surface area contributed by atoms with Crippen molar-refractivity contribution in [2.75, 3.05) is 20.2 Å². The Morgan fingerprint density at radius 2 is 2.05 bits per heavy atom. The van der Waals surface area contributed by atoms with E-state index in [0.29, 0.717) is 12.2 Å². The zero-order valence-corrected chi connectivity index (χ0v) is 12.8. The number of ether oxygens (including phenoxy) is 2. The number of hydrogen-bond donors (Lipinski definition) is 1. The summed E-state index contributed by atoms with van der Waals surface area (Å²) < 4.78 is 11.4. The molecule has 5 nitrogen and oxygen atoms in total. The lowest BCUT2D eigenvalue weighted by Crippen LogP contribution is -2.24. The fourth-order valence-electron chi connectivity index (χ4n) is 4.69. The summed E-state index contributed by atoms with van der Waals surface area (Å²) in [5.74, 6) is 2.39. The Balaban J connectivity index is 1.38. The standard InChI is InChI=1S/C17H21N3O2/c1-21-10-2-3-14-11(6-10)15(19-18-14)9-20-7-12-13(8-20)17-5-4-16(12)22-17/h2-3,6,12-13,16-17H,4-5,7-9H2,1H3,(H,18,19)/t12-,13+,16+,17-. The molecule has 2 bridgehead atoms. The number of benzene rings is 1. The number of hydrogen-bond acceptors (Lipinski definition) is 4. The predicted octanol–water partition coefficient (Wildman–Crippen LogP) is 2.18. The summed E-state index contributed by atoms with van der Waals surface area (Å²) in [5, 5.41) is 8.81. The minimum absolute atomic E-state index is 0.526. The summed E-state index contributed by atoms with van der Waals surface area (Å²) in [6.07, 6.45) is 3.59. The lowest BCUT2D eigenvalue weighted by Gasteiger charge is -2.18. The molecule has 116 valence electrons. The van der Waals surface area contributed by atoms with Crippen molar-refractivity contribution in [3.63, 3.8) is 0 Å². The van der Waals surface area contributed by atoms with Gasteiger partial charge in [0.25, 0.3) is 0 Å². The summed E-state index contributed by atoms with van der Waals surface area (Å²) in [6.45, 7) is 3.27. The number of likely N-dealkylation sites (tertiary alicyclic amines) is 1. The van der Waals surface area contributed by atoms with Crippen LogP contribution in [-0.4, -0.2) is 47.5 Å². The van der Waals surface area contributed by atoms with Gasteiger partial charge in [0.15, 0.2) is 0 Å². The largest absolute Gasteiger partial charge is 0.497 e. The topological polar surface area (TPSA) is 50.4 Å². The molecule has 0 amide bonds. The van der Waals surface area contributed by atoms with E-state index in [1.165, 1.54) is 23.9 Å². The maximum absolute atomic E-state index is 6.06. The summed E-state index contributed by atoms with van der Waals surface area (Å²) in [5.41, 5.74) is 2.21. The first-order valence-electron chi connectivity index (χ1n) is 8.20. The van der Waals surface area contributed by atoms with Crippen molar-refractivity contribution in [3.05, 3.63) is 23.9 Å². The van der Waals surface area contributed by atoms with E-state index >= 15 is 0 Å². The van der Waals surface area contributed by atoms with Gasteiger partial charge in [0, 0.05) is 36.9 Å². The highest BCUT2D eigenvalue weighted by Crippen LogP contribution is 2.47. The SMILES string of the molecule is COc1ccc2n[nH]c(CN3C[C@@H]4[C@H](C3)[C@H]3CC[C@@H]4O3)c2c1. The molecule has 22 heavy (non-hydrogen) atoms. The third-order valence-electron chi connectivity index (χ3n) is 5.75. The monoisotopic (exact) mass is 299 g/mol. The zero-order chi connectivity index (χ0) is 14.7. The molecule has 3 fully saturated rings. The molecule has 4 heterocycles. The molecular formula is C17H21N3O2. The van der Waals surface area contributed by atoms with Gasteiger partial charge < -0.3 is 9.47 Å². The van der Waals surface area contributed by atoms with Gasteiger partial charge >= 0.3 is 0 Å². The van der Waals surface area contributed by atoms with Crippen LogP contribution < -0.4 is 4.74 Å². The van der Waals surface area contributed by atoms with Gasteiger partial charge in [-0.25, -0.2) is 0 Å². The number of nitrogens with one attached hydrogen (secondary N) is 1. The number of nitrogens with zero attached hydrogens (tertiary/aromatic N) is 2. The molecule has 1 N–H and O–H groups in total. The molecule has 3 aliphatic rings. The van der Waals surface area contributed by atoms with Crippen LogP contribution in [0, 0.1) is 11.8 Å². The molecule has 1 aromatic heterocycles. The molecule has 5 heteroatoms. The van der Waals surface area contributed by atoms with Crippen LogP contribution in [0.2, 0.25) is 0 Å². The van der Waals surface area contributed by atoms with Gasteiger partial charge in [-0.15, -0.1) is 0 Å². The number of fused-ring (bicyclic) bond motifs is 6. The highest BCUT2D eigenvalue weighted by Gasteiger charge is 2.52. The molecule has 4 atom stereocenters. The third-order valence-corrected chi connectivity index (χ3v) is 5.75. The van der Waals surface area contributed by atoms with E-state index in [1.54, 1.807) is 7.11 Å². The molecule has 0 saturated carbocycles. The summed E-state index contributed by atoms with van der Waals surface area (Å²) in [7, 11) is 1.71. The van der Waals surface area contributed by atoms with Crippen LogP contribution in [0.25, 0.3) is 10.9 Å². The minimum Gasteiger partial charge on any atom is -0.497 e. The second-order valence-electron chi connectivity index (χ2n) is 6.90. The van der Waals surface area contributed by atoms with Crippen molar-refractivity contribution in [2.45, 2.75) is 31.6 Å². The fourth-order valence-corrected chi connectivity index (χ4v) is 4.69. The third kappa shape index (κ3) is 1.82. The van der Waals surface area contributed by atoms with Gasteiger partial charge in [-0.3, -0.25) is 10.00 Å². The highest BCUT2D eigenvalue weighted by atomic mass is 16.5. The fraction of sp³-hybridized carbons (Fsp3) is 0.588. The van der Waals surface area contributed by atoms with E-state index in [0.717, 1.165) is 42.7 Å². The molecule has 2 aromatic rings. The zero-order valence-electron chi connectivity index (χ0n) is 12.8. The molecule has 0 unspecified atom stereocenters. The quantitative estimate of drug-likeness (QED) is 0.944. The molecule has 3 aliphatic heterocycles. The first kappa shape index (κ1) is 12.9. The van der Waals surface area contributed by atoms with E-state index < -0.39 is 0 Å². The number of aromatic nitrogens is 2. The van der Waals surface area contributed by atoms with Crippen LogP contribution in [-0.2, 0) is 11.3 Å². The Labute approximate surface area is 129 Å². The van der Waals surface area contributed by atoms with E-state index in [2.05, 4.69) is 21.2 Å². The van der Waals surface area contributed by atoms with Crippen LogP contribution >= 0.6 is 0 Å². The van der Waals surface area contributed by atoms with Gasteiger partial charge in [0.2, 0.25) is 0 Å². The first-order chi connectivity index (χ1) is 10.8. The maximum atomic E-state index is 6.06. The van der Waals surface area contributed by atoms with Crippen molar-refractivity contribution >= 4 is 10.9 Å². The second kappa shape index (κ2) is 4.70. The van der Waals surface area contributed by atoms with Crippen molar-refractivity contribution < 1.29 is 9.47 Å². The lowest BCUT2D eigenvalue weighted by molar-refractivity contribution is 0.0696. The van der Waals surface area contributed by atoms with Gasteiger partial charge in [0.1, 0.15) is 5.75 Å². The molecule has 0 aliphatic carbocycles. The smallest absolute Gasteiger partial charge is 0.119 e. The number of aromatic amines is 1. The Morgan fingerprint density at radius 3 is 2.77 bits per heavy atom. The van der Waals surface area contributed by atoms with E-state index in [4.69, 9.17) is 9.47 Å². The van der Waals surface area contributed by atoms with Crippen molar-refractivity contribution in [1.82, 2.24) is 15.1 Å². The maximum Gasteiger partial charge on any atom is 0.119 e. The van der Waals surface area contributed by atoms with Gasteiger partial charge in [-0.1, -0.05) is 0 Å². The Hall–Kier alpha value is -1.59. The number of H-pyrrole nitrogens is 1. The van der Waals surface area contributed by atoms with Crippen LogP contribution in [0.1, 0.15) is 18.5 Å². The van der Waals surface area contributed by atoms with Gasteiger partial charge in [0.05, 0.1) is 30.5 Å². The Bertz CT molecular complexity index is 695. The molecule has 5 rings (SSSR count). The second-order valence-corrected chi connectivity index (χ2v) is 6.90. The van der Waals surface area contributed by atoms with Crippen molar-refractivity contribution in [1.29, 1.82) is 0 Å². The Morgan fingerprint density at radius 1 is 1.27 bits per heavy atom. The first-order valence-corrected chi connectivity index (χ1v) is 8.20. The predicted molar refractivity (Wildman–Crippen MR) is 82.8 cm³/mol. The van der Waals surface area contributed by atoms with Gasteiger partial charge in [-0.05, 0) is 31.0 Å². The summed E-state index contributed by atoms with van der Waals surface area (Å²) in [6, 6.07) is 6.06. The summed E-state index contributed by atoms with van der Waals surface area (Å²) >= 11 is 0. The molecule has 3 saturated heterocycles.